The Labute approximate surface area is 104 Å². The summed E-state index contributed by atoms with van der Waals surface area (Å²) in [6.07, 6.45) is -0.426. The highest BCUT2D eigenvalue weighted by Crippen LogP contribution is 2.11. The average molecular weight is 259 g/mol. The molecular weight excluding hydrogens is 242 g/mol. The molecule has 0 spiro atoms. The van der Waals surface area contributed by atoms with Gasteiger partial charge in [-0.15, -0.1) is 0 Å². The molecule has 1 aliphatic rings. The Morgan fingerprint density at radius 1 is 1.56 bits per heavy atom. The number of nitrogens with zero attached hydrogens (tertiary/aromatic N) is 2. The number of aliphatic carboxylic acids is 1. The van der Waals surface area contributed by atoms with Crippen molar-refractivity contribution >= 4 is 17.9 Å². The van der Waals surface area contributed by atoms with Crippen molar-refractivity contribution in [3.05, 3.63) is 0 Å². The molecule has 0 bridgehead atoms. The number of carbonyl (C=O) groups is 3. The maximum absolute atomic E-state index is 12.0. The van der Waals surface area contributed by atoms with Crippen LogP contribution in [0.3, 0.4) is 0 Å². The number of aliphatic hydroxyl groups excluding tert-OH is 1. The molecule has 1 fully saturated rings. The fourth-order valence-electron chi connectivity index (χ4n) is 1.78. The molecule has 1 heterocycles. The topological polar surface area (TPSA) is 110 Å². The molecule has 3 N–H and O–H groups in total. The van der Waals surface area contributed by atoms with Crippen LogP contribution < -0.4 is 5.32 Å². The van der Waals surface area contributed by atoms with E-state index in [0.29, 0.717) is 6.54 Å². The van der Waals surface area contributed by atoms with Crippen LogP contribution in [-0.2, 0) is 9.59 Å². The van der Waals surface area contributed by atoms with Crippen LogP contribution in [0.15, 0.2) is 0 Å². The third-order valence-corrected chi connectivity index (χ3v) is 2.71. The Balaban J connectivity index is 2.78. The summed E-state index contributed by atoms with van der Waals surface area (Å²) in [5, 5.41) is 20.0. The van der Waals surface area contributed by atoms with Gasteiger partial charge in [0.05, 0.1) is 13.0 Å². The SMILES string of the molecule is CN(CCO)C(=O)N1CCNC(=O)C1CC(=O)O. The van der Waals surface area contributed by atoms with E-state index in [2.05, 4.69) is 5.32 Å². The third-order valence-electron chi connectivity index (χ3n) is 2.71. The first-order valence-corrected chi connectivity index (χ1v) is 5.59. The zero-order chi connectivity index (χ0) is 13.7. The number of piperazine rings is 1. The van der Waals surface area contributed by atoms with Crippen molar-refractivity contribution in [3.63, 3.8) is 0 Å². The standard InChI is InChI=1S/C10H17N3O5/c1-12(4-5-14)10(18)13-3-2-11-9(17)7(13)6-8(15)16/h7,14H,2-6H2,1H3,(H,11,17)(H,15,16). The minimum absolute atomic E-state index is 0.136. The fourth-order valence-corrected chi connectivity index (χ4v) is 1.78. The second kappa shape index (κ2) is 6.20. The predicted octanol–water partition coefficient (Wildman–Crippen LogP) is -1.69. The van der Waals surface area contributed by atoms with E-state index in [9.17, 15) is 14.4 Å². The average Bonchev–Trinajstić information content (AvgIpc) is 2.30. The number of likely N-dealkylation sites (N-methyl/N-ethyl adjacent to an activating group) is 1. The molecule has 0 aromatic heterocycles. The first-order valence-electron chi connectivity index (χ1n) is 5.59. The third kappa shape index (κ3) is 3.33. The number of nitrogens with one attached hydrogen (secondary N) is 1. The fraction of sp³-hybridized carbons (Fsp3) is 0.700. The van der Waals surface area contributed by atoms with Gasteiger partial charge in [0.2, 0.25) is 5.91 Å². The smallest absolute Gasteiger partial charge is 0.320 e. The molecule has 0 aromatic carbocycles. The predicted molar refractivity (Wildman–Crippen MR) is 60.9 cm³/mol. The van der Waals surface area contributed by atoms with Crippen LogP contribution in [0, 0.1) is 0 Å². The van der Waals surface area contributed by atoms with Gasteiger partial charge in [0.1, 0.15) is 6.04 Å². The van der Waals surface area contributed by atoms with Crippen molar-refractivity contribution in [2.75, 3.05) is 33.3 Å². The first-order chi connectivity index (χ1) is 8.47. The minimum atomic E-state index is -1.14. The van der Waals surface area contributed by atoms with Gasteiger partial charge in [-0.2, -0.15) is 0 Å². The van der Waals surface area contributed by atoms with Crippen LogP contribution in [0.4, 0.5) is 4.79 Å². The molecule has 18 heavy (non-hydrogen) atoms. The molecule has 0 aliphatic carbocycles. The zero-order valence-electron chi connectivity index (χ0n) is 10.1. The van der Waals surface area contributed by atoms with Crippen molar-refractivity contribution in [1.29, 1.82) is 0 Å². The van der Waals surface area contributed by atoms with E-state index in [0.717, 1.165) is 0 Å². The van der Waals surface area contributed by atoms with Gasteiger partial charge in [0.25, 0.3) is 0 Å². The summed E-state index contributed by atoms with van der Waals surface area (Å²) in [5.41, 5.74) is 0. The molecule has 1 saturated heterocycles. The van der Waals surface area contributed by atoms with Crippen LogP contribution in [-0.4, -0.2) is 77.3 Å². The molecule has 1 aliphatic heterocycles. The number of aliphatic hydroxyl groups is 1. The van der Waals surface area contributed by atoms with Gasteiger partial charge < -0.3 is 25.3 Å². The van der Waals surface area contributed by atoms with Crippen molar-refractivity contribution in [2.45, 2.75) is 12.5 Å². The van der Waals surface area contributed by atoms with Gasteiger partial charge in [0.15, 0.2) is 0 Å². The quantitative estimate of drug-likeness (QED) is 0.557. The summed E-state index contributed by atoms with van der Waals surface area (Å²) in [4.78, 5) is 36.8. The van der Waals surface area contributed by atoms with E-state index in [-0.39, 0.29) is 19.7 Å². The number of urea groups is 1. The van der Waals surface area contributed by atoms with Gasteiger partial charge in [-0.25, -0.2) is 4.79 Å². The number of carboxylic acids is 1. The van der Waals surface area contributed by atoms with Gasteiger partial charge in [0, 0.05) is 26.7 Å². The molecular formula is C10H17N3O5. The van der Waals surface area contributed by atoms with E-state index in [1.54, 1.807) is 0 Å². The van der Waals surface area contributed by atoms with E-state index >= 15 is 0 Å². The number of rotatable bonds is 4. The van der Waals surface area contributed by atoms with Crippen molar-refractivity contribution < 1.29 is 24.6 Å². The van der Waals surface area contributed by atoms with Crippen molar-refractivity contribution in [1.82, 2.24) is 15.1 Å². The Morgan fingerprint density at radius 2 is 2.22 bits per heavy atom. The summed E-state index contributed by atoms with van der Waals surface area (Å²) in [6.45, 7) is 0.508. The molecule has 0 radical (unpaired) electrons. The molecule has 3 amide bonds. The number of amides is 3. The summed E-state index contributed by atoms with van der Waals surface area (Å²) >= 11 is 0. The number of carbonyl (C=O) groups excluding carboxylic acids is 2. The Kier molecular flexibility index (Phi) is 4.90. The maximum Gasteiger partial charge on any atom is 0.320 e. The normalized spacial score (nSPS) is 19.3. The van der Waals surface area contributed by atoms with Gasteiger partial charge in [-0.3, -0.25) is 9.59 Å². The van der Waals surface area contributed by atoms with E-state index in [1.807, 2.05) is 0 Å². The Hall–Kier alpha value is -1.83. The molecule has 1 atom stereocenters. The second-order valence-electron chi connectivity index (χ2n) is 4.03. The molecule has 102 valence electrons. The van der Waals surface area contributed by atoms with Crippen molar-refractivity contribution in [2.24, 2.45) is 0 Å². The summed E-state index contributed by atoms with van der Waals surface area (Å²) in [6, 6.07) is -1.45. The molecule has 8 heteroatoms. The van der Waals surface area contributed by atoms with Crippen molar-refractivity contribution in [3.8, 4) is 0 Å². The lowest BCUT2D eigenvalue weighted by atomic mass is 10.1. The summed E-state index contributed by atoms with van der Waals surface area (Å²) in [7, 11) is 1.49. The number of hydrogen-bond acceptors (Lipinski definition) is 4. The lowest BCUT2D eigenvalue weighted by molar-refractivity contribution is -0.142. The highest BCUT2D eigenvalue weighted by Gasteiger charge is 2.35. The van der Waals surface area contributed by atoms with E-state index in [1.165, 1.54) is 16.8 Å². The maximum atomic E-state index is 12.0. The van der Waals surface area contributed by atoms with Crippen LogP contribution in [0.5, 0.6) is 0 Å². The Bertz CT molecular complexity index is 346. The first kappa shape index (κ1) is 14.2. The van der Waals surface area contributed by atoms with Gasteiger partial charge in [-0.1, -0.05) is 0 Å². The van der Waals surface area contributed by atoms with Crippen LogP contribution >= 0.6 is 0 Å². The Morgan fingerprint density at radius 3 is 2.78 bits per heavy atom. The highest BCUT2D eigenvalue weighted by atomic mass is 16.4. The molecule has 0 aromatic rings. The summed E-state index contributed by atoms with van der Waals surface area (Å²) in [5.74, 6) is -1.60. The molecule has 8 nitrogen and oxygen atoms in total. The number of carboxylic acid groups (broad SMARTS) is 1. The molecule has 1 rings (SSSR count). The van der Waals surface area contributed by atoms with E-state index in [4.69, 9.17) is 10.2 Å². The van der Waals surface area contributed by atoms with Crippen LogP contribution in [0.25, 0.3) is 0 Å². The van der Waals surface area contributed by atoms with Crippen LogP contribution in [0.1, 0.15) is 6.42 Å². The molecule has 1 unspecified atom stereocenters. The second-order valence-corrected chi connectivity index (χ2v) is 4.03. The minimum Gasteiger partial charge on any atom is -0.481 e. The lowest BCUT2D eigenvalue weighted by Crippen LogP contribution is -2.60. The van der Waals surface area contributed by atoms with E-state index < -0.39 is 30.4 Å². The highest BCUT2D eigenvalue weighted by molar-refractivity contribution is 5.91. The van der Waals surface area contributed by atoms with Crippen LogP contribution in [0.2, 0.25) is 0 Å². The number of hydrogen-bond donors (Lipinski definition) is 3. The molecule has 0 saturated carbocycles. The zero-order valence-corrected chi connectivity index (χ0v) is 10.1. The monoisotopic (exact) mass is 259 g/mol. The van der Waals surface area contributed by atoms with Gasteiger partial charge in [-0.05, 0) is 0 Å². The largest absolute Gasteiger partial charge is 0.481 e. The van der Waals surface area contributed by atoms with Gasteiger partial charge >= 0.3 is 12.0 Å². The summed E-state index contributed by atoms with van der Waals surface area (Å²) < 4.78 is 0. The lowest BCUT2D eigenvalue weighted by Gasteiger charge is -2.36.